The van der Waals surface area contributed by atoms with Gasteiger partial charge in [0.1, 0.15) is 5.78 Å². The van der Waals surface area contributed by atoms with Gasteiger partial charge in [-0.3, -0.25) is 14.4 Å². The van der Waals surface area contributed by atoms with Gasteiger partial charge in [-0.15, -0.1) is 0 Å². The van der Waals surface area contributed by atoms with Crippen molar-refractivity contribution in [3.8, 4) is 0 Å². The largest absolute Gasteiger partial charge is 0.382 e. The molecule has 0 aliphatic heterocycles. The number of hydrogen-bond donors (Lipinski definition) is 2. The van der Waals surface area contributed by atoms with Crippen LogP contribution in [0.1, 0.15) is 40.0 Å². The second kappa shape index (κ2) is 19.3. The fourth-order valence-corrected chi connectivity index (χ4v) is 3.03. The van der Waals surface area contributed by atoms with E-state index < -0.39 is 5.92 Å². The van der Waals surface area contributed by atoms with Gasteiger partial charge in [-0.05, 0) is 26.3 Å². The van der Waals surface area contributed by atoms with Gasteiger partial charge < -0.3 is 29.6 Å². The Morgan fingerprint density at radius 1 is 0.871 bits per heavy atom. The molecule has 0 aliphatic carbocycles. The van der Waals surface area contributed by atoms with Crippen molar-refractivity contribution in [3.05, 3.63) is 0 Å². The molecular weight excluding hydrogens is 404 g/mol. The van der Waals surface area contributed by atoms with E-state index in [2.05, 4.69) is 10.6 Å². The molecule has 0 rings (SSSR count). The molecule has 0 unspecified atom stereocenters. The van der Waals surface area contributed by atoms with Crippen LogP contribution >= 0.6 is 0 Å². The van der Waals surface area contributed by atoms with Crippen molar-refractivity contribution in [2.45, 2.75) is 46.1 Å². The lowest BCUT2D eigenvalue weighted by Gasteiger charge is -2.21. The number of ether oxygens (including phenoxy) is 4. The van der Waals surface area contributed by atoms with E-state index in [9.17, 15) is 14.4 Å². The molecule has 0 bridgehead atoms. The Hall–Kier alpha value is -1.39. The molecule has 0 radical (unpaired) electrons. The lowest BCUT2D eigenvalue weighted by Crippen LogP contribution is -2.40. The molecular formula is C22H42N2O7. The molecule has 31 heavy (non-hydrogen) atoms. The third kappa shape index (κ3) is 16.0. The highest BCUT2D eigenvalue weighted by Crippen LogP contribution is 2.16. The highest BCUT2D eigenvalue weighted by Gasteiger charge is 2.26. The van der Waals surface area contributed by atoms with Crippen molar-refractivity contribution in [1.82, 2.24) is 10.6 Å². The number of hydrogen-bond acceptors (Lipinski definition) is 8. The van der Waals surface area contributed by atoms with Crippen LogP contribution in [0.5, 0.6) is 0 Å². The molecule has 0 saturated heterocycles. The molecule has 0 aliphatic rings. The predicted molar refractivity (Wildman–Crippen MR) is 118 cm³/mol. The average Bonchev–Trinajstić information content (AvgIpc) is 2.71. The van der Waals surface area contributed by atoms with Gasteiger partial charge in [0.05, 0.1) is 52.3 Å². The Balaban J connectivity index is 3.86. The van der Waals surface area contributed by atoms with Gasteiger partial charge >= 0.3 is 0 Å². The number of methoxy groups -OCH3 is 1. The van der Waals surface area contributed by atoms with Crippen molar-refractivity contribution in [1.29, 1.82) is 0 Å². The maximum absolute atomic E-state index is 12.4. The second-order valence-corrected chi connectivity index (χ2v) is 7.71. The zero-order valence-corrected chi connectivity index (χ0v) is 19.9. The summed E-state index contributed by atoms with van der Waals surface area (Å²) in [5.41, 5.74) is 0. The summed E-state index contributed by atoms with van der Waals surface area (Å²) in [6.07, 6.45) is 0.727. The quantitative estimate of drug-likeness (QED) is 0.251. The van der Waals surface area contributed by atoms with Gasteiger partial charge in [0.2, 0.25) is 5.91 Å². The normalized spacial score (nSPS) is 13.2. The monoisotopic (exact) mass is 446 g/mol. The van der Waals surface area contributed by atoms with Crippen molar-refractivity contribution < 1.29 is 33.3 Å². The predicted octanol–water partition coefficient (Wildman–Crippen LogP) is 0.987. The summed E-state index contributed by atoms with van der Waals surface area (Å²) in [6.45, 7) is 9.18. The van der Waals surface area contributed by atoms with E-state index in [1.807, 2.05) is 13.8 Å². The second-order valence-electron chi connectivity index (χ2n) is 7.71. The number of nitrogens with one attached hydrogen (secondary N) is 2. The van der Waals surface area contributed by atoms with E-state index in [0.717, 1.165) is 0 Å². The summed E-state index contributed by atoms with van der Waals surface area (Å²) in [5.74, 6) is -0.490. The lowest BCUT2D eigenvalue weighted by atomic mass is 9.88. The Morgan fingerprint density at radius 3 is 1.90 bits per heavy atom. The maximum Gasteiger partial charge on any atom is 0.220 e. The smallest absolute Gasteiger partial charge is 0.220 e. The molecule has 2 atom stereocenters. The van der Waals surface area contributed by atoms with Crippen LogP contribution in [0.2, 0.25) is 0 Å². The van der Waals surface area contributed by atoms with E-state index in [1.165, 1.54) is 6.92 Å². The number of likely N-dealkylation sites (N-methyl/N-ethyl adjacent to an activating group) is 1. The third-order valence-electron chi connectivity index (χ3n) is 4.81. The minimum absolute atomic E-state index is 0.00951. The summed E-state index contributed by atoms with van der Waals surface area (Å²) in [4.78, 5) is 36.3. The summed E-state index contributed by atoms with van der Waals surface area (Å²) >= 11 is 0. The highest BCUT2D eigenvalue weighted by atomic mass is 16.6. The van der Waals surface area contributed by atoms with Crippen LogP contribution in [-0.2, 0) is 33.3 Å². The first kappa shape index (κ1) is 29.6. The first-order chi connectivity index (χ1) is 14.8. The van der Waals surface area contributed by atoms with Gasteiger partial charge in [-0.1, -0.05) is 13.8 Å². The number of rotatable bonds is 21. The van der Waals surface area contributed by atoms with Crippen molar-refractivity contribution in [2.24, 2.45) is 11.8 Å². The Labute approximate surface area is 186 Å². The van der Waals surface area contributed by atoms with Crippen LogP contribution < -0.4 is 10.6 Å². The molecule has 1 amide bonds. The summed E-state index contributed by atoms with van der Waals surface area (Å²) in [5, 5.41) is 5.77. The molecule has 0 aromatic carbocycles. The van der Waals surface area contributed by atoms with Crippen molar-refractivity contribution >= 4 is 17.5 Å². The number of Topliss-reactive ketones (excluding diaryl/α,β-unsaturated/α-hetero) is 2. The van der Waals surface area contributed by atoms with E-state index in [-0.39, 0.29) is 42.3 Å². The van der Waals surface area contributed by atoms with Crippen LogP contribution in [-0.4, -0.2) is 90.5 Å². The molecule has 0 fully saturated rings. The van der Waals surface area contributed by atoms with Gasteiger partial charge in [-0.2, -0.15) is 0 Å². The molecule has 0 aromatic heterocycles. The van der Waals surface area contributed by atoms with E-state index >= 15 is 0 Å². The maximum atomic E-state index is 12.4. The first-order valence-electron chi connectivity index (χ1n) is 11.0. The minimum atomic E-state index is -0.431. The molecule has 2 N–H and O–H groups in total. The van der Waals surface area contributed by atoms with Crippen LogP contribution in [0.25, 0.3) is 0 Å². The van der Waals surface area contributed by atoms with Crippen LogP contribution in [0.4, 0.5) is 0 Å². The minimum Gasteiger partial charge on any atom is -0.382 e. The molecule has 0 aromatic rings. The van der Waals surface area contributed by atoms with E-state index in [1.54, 1.807) is 14.2 Å². The molecule has 182 valence electrons. The zero-order chi connectivity index (χ0) is 23.5. The standard InChI is InChI=1S/C22H42N2O7/c1-17(2)22(23-4)20(26)16-19(18(3)25)6-7-21(27)24-8-9-29-12-13-31-15-14-30-11-10-28-5/h17,19,22-23H,6-16H2,1-5H3,(H,24,27)/t19-,22+/m1/s1. The zero-order valence-electron chi connectivity index (χ0n) is 19.9. The van der Waals surface area contributed by atoms with Crippen LogP contribution in [0.3, 0.4) is 0 Å². The summed E-state index contributed by atoms with van der Waals surface area (Å²) < 4.78 is 20.9. The van der Waals surface area contributed by atoms with Crippen molar-refractivity contribution in [2.75, 3.05) is 67.0 Å². The fraction of sp³-hybridized carbons (Fsp3) is 0.864. The lowest BCUT2D eigenvalue weighted by molar-refractivity contribution is -0.129. The molecule has 0 spiro atoms. The summed E-state index contributed by atoms with van der Waals surface area (Å²) in [7, 11) is 3.37. The van der Waals surface area contributed by atoms with Crippen LogP contribution in [0, 0.1) is 11.8 Å². The first-order valence-corrected chi connectivity index (χ1v) is 11.0. The molecule has 9 nitrogen and oxygen atoms in total. The molecule has 9 heteroatoms. The number of ketones is 2. The van der Waals surface area contributed by atoms with Gasteiger partial charge in [0, 0.05) is 32.4 Å². The van der Waals surface area contributed by atoms with Gasteiger partial charge in [0.25, 0.3) is 0 Å². The number of carbonyl (C=O) groups excluding carboxylic acids is 3. The average molecular weight is 447 g/mol. The van der Waals surface area contributed by atoms with E-state index in [4.69, 9.17) is 18.9 Å². The Bertz CT molecular complexity index is 500. The SMILES string of the molecule is CN[C@H](C(=O)C[C@@H](CCC(=O)NCCOCCOCCOCCOC)C(C)=O)C(C)C. The highest BCUT2D eigenvalue weighted by molar-refractivity contribution is 5.90. The fourth-order valence-electron chi connectivity index (χ4n) is 3.03. The molecule has 0 saturated carbocycles. The van der Waals surface area contributed by atoms with Gasteiger partial charge in [0.15, 0.2) is 5.78 Å². The number of carbonyl (C=O) groups is 3. The Kier molecular flexibility index (Phi) is 18.4. The van der Waals surface area contributed by atoms with Crippen LogP contribution in [0.15, 0.2) is 0 Å². The van der Waals surface area contributed by atoms with Gasteiger partial charge in [-0.25, -0.2) is 0 Å². The Morgan fingerprint density at radius 2 is 1.42 bits per heavy atom. The van der Waals surface area contributed by atoms with E-state index in [0.29, 0.717) is 59.2 Å². The van der Waals surface area contributed by atoms with Crippen molar-refractivity contribution in [3.63, 3.8) is 0 Å². The summed E-state index contributed by atoms with van der Waals surface area (Å²) in [6, 6.07) is -0.278. The number of amides is 1. The third-order valence-corrected chi connectivity index (χ3v) is 4.81. The topological polar surface area (TPSA) is 112 Å². The molecule has 0 heterocycles.